The van der Waals surface area contributed by atoms with Gasteiger partial charge in [0.2, 0.25) is 5.91 Å². The van der Waals surface area contributed by atoms with Crippen molar-refractivity contribution in [1.82, 2.24) is 10.3 Å². The summed E-state index contributed by atoms with van der Waals surface area (Å²) >= 11 is 5.95. The topological polar surface area (TPSA) is 70.9 Å². The maximum Gasteiger partial charge on any atom is 0.233 e. The van der Waals surface area contributed by atoms with Gasteiger partial charge in [-0.25, -0.2) is 0 Å². The van der Waals surface area contributed by atoms with Crippen LogP contribution in [0.4, 0.5) is 0 Å². The zero-order valence-electron chi connectivity index (χ0n) is 9.29. The minimum Gasteiger partial charge on any atom is -0.361 e. The smallest absolute Gasteiger partial charge is 0.233 e. The number of nitrogens with two attached hydrogens (primary N) is 1. The van der Waals surface area contributed by atoms with Gasteiger partial charge in [0.1, 0.15) is 0 Å². The van der Waals surface area contributed by atoms with Crippen molar-refractivity contribution in [2.45, 2.75) is 6.42 Å². The van der Waals surface area contributed by atoms with Gasteiger partial charge in [-0.3, -0.25) is 4.79 Å². The molecule has 4 N–H and O–H groups in total. The number of carbonyl (C=O) groups excluding carboxylic acids is 1. The Kier molecular flexibility index (Phi) is 3.66. The lowest BCUT2D eigenvalue weighted by Crippen LogP contribution is -2.31. The molecule has 1 amide bonds. The Labute approximate surface area is 104 Å². The maximum absolute atomic E-state index is 11.0. The molecule has 0 spiro atoms. The molecule has 0 atom stereocenters. The molecule has 2 aromatic rings. The Bertz CT molecular complexity index is 536. The molecule has 90 valence electrons. The third-order valence-corrected chi connectivity index (χ3v) is 2.87. The van der Waals surface area contributed by atoms with Gasteiger partial charge in [-0.1, -0.05) is 11.6 Å². The van der Waals surface area contributed by atoms with Crippen molar-refractivity contribution < 1.29 is 4.79 Å². The summed E-state index contributed by atoms with van der Waals surface area (Å²) in [6.45, 7) is 0.606. The van der Waals surface area contributed by atoms with Crippen LogP contribution in [-0.4, -0.2) is 24.0 Å². The number of H-pyrrole nitrogens is 1. The third kappa shape index (κ3) is 2.78. The summed E-state index contributed by atoms with van der Waals surface area (Å²) in [7, 11) is 0. The van der Waals surface area contributed by atoms with Crippen LogP contribution in [0.3, 0.4) is 0 Å². The molecule has 0 unspecified atom stereocenters. The molecule has 1 heterocycles. The van der Waals surface area contributed by atoms with Crippen molar-refractivity contribution in [2.24, 2.45) is 5.73 Å². The second kappa shape index (κ2) is 5.21. The van der Waals surface area contributed by atoms with Crippen molar-refractivity contribution in [3.8, 4) is 0 Å². The van der Waals surface area contributed by atoms with Gasteiger partial charge < -0.3 is 16.0 Å². The van der Waals surface area contributed by atoms with E-state index in [2.05, 4.69) is 10.3 Å². The van der Waals surface area contributed by atoms with Crippen LogP contribution in [0.15, 0.2) is 24.4 Å². The number of benzene rings is 1. The first-order valence-electron chi connectivity index (χ1n) is 5.43. The molecule has 2 rings (SSSR count). The number of aromatic amines is 1. The maximum atomic E-state index is 11.0. The lowest BCUT2D eigenvalue weighted by atomic mass is 10.1. The number of aromatic nitrogens is 1. The highest BCUT2D eigenvalue weighted by Gasteiger charge is 2.04. The highest BCUT2D eigenvalue weighted by molar-refractivity contribution is 6.31. The number of halogens is 1. The van der Waals surface area contributed by atoms with Crippen LogP contribution in [-0.2, 0) is 11.2 Å². The molecule has 0 aliphatic carbocycles. The molecule has 4 nitrogen and oxygen atoms in total. The molecule has 0 saturated heterocycles. The molecule has 1 aromatic heterocycles. The largest absolute Gasteiger partial charge is 0.361 e. The monoisotopic (exact) mass is 251 g/mol. The highest BCUT2D eigenvalue weighted by atomic mass is 35.5. The van der Waals surface area contributed by atoms with Crippen LogP contribution in [0.1, 0.15) is 5.56 Å². The van der Waals surface area contributed by atoms with E-state index in [0.717, 1.165) is 22.9 Å². The summed E-state index contributed by atoms with van der Waals surface area (Å²) in [6, 6.07) is 5.72. The zero-order valence-corrected chi connectivity index (χ0v) is 10.1. The quantitative estimate of drug-likeness (QED) is 0.770. The first-order valence-corrected chi connectivity index (χ1v) is 5.81. The number of amides is 1. The molecular formula is C12H14ClN3O. The van der Waals surface area contributed by atoms with Crippen LogP contribution >= 0.6 is 11.6 Å². The number of hydrogen-bond donors (Lipinski definition) is 3. The third-order valence-electron chi connectivity index (χ3n) is 2.63. The summed E-state index contributed by atoms with van der Waals surface area (Å²) in [5, 5.41) is 4.55. The number of carbonyl (C=O) groups is 1. The average molecular weight is 252 g/mol. The summed E-state index contributed by atoms with van der Waals surface area (Å²) in [5.74, 6) is -0.136. The zero-order chi connectivity index (χ0) is 12.3. The van der Waals surface area contributed by atoms with Crippen LogP contribution in [0.2, 0.25) is 5.02 Å². The molecule has 17 heavy (non-hydrogen) atoms. The van der Waals surface area contributed by atoms with Crippen LogP contribution in [0.25, 0.3) is 10.9 Å². The van der Waals surface area contributed by atoms with E-state index >= 15 is 0 Å². The van der Waals surface area contributed by atoms with Crippen LogP contribution < -0.4 is 11.1 Å². The SMILES string of the molecule is NCC(=O)NCCc1c[nH]c2ccc(Cl)cc12. The van der Waals surface area contributed by atoms with E-state index in [1.54, 1.807) is 0 Å². The second-order valence-electron chi connectivity index (χ2n) is 3.81. The van der Waals surface area contributed by atoms with E-state index in [0.29, 0.717) is 11.6 Å². The molecule has 0 aliphatic heterocycles. The van der Waals surface area contributed by atoms with E-state index in [1.807, 2.05) is 24.4 Å². The van der Waals surface area contributed by atoms with Gasteiger partial charge in [0.15, 0.2) is 0 Å². The fourth-order valence-electron chi connectivity index (χ4n) is 1.77. The Morgan fingerprint density at radius 1 is 1.47 bits per heavy atom. The second-order valence-corrected chi connectivity index (χ2v) is 4.24. The Morgan fingerprint density at radius 3 is 3.06 bits per heavy atom. The van der Waals surface area contributed by atoms with Crippen molar-refractivity contribution >= 4 is 28.4 Å². The molecule has 1 aromatic carbocycles. The molecule has 0 bridgehead atoms. The standard InChI is InChI=1S/C12H14ClN3O/c13-9-1-2-11-10(5-9)8(7-16-11)3-4-15-12(17)6-14/h1-2,5,7,16H,3-4,6,14H2,(H,15,17). The van der Waals surface area contributed by atoms with E-state index in [4.69, 9.17) is 17.3 Å². The summed E-state index contributed by atoms with van der Waals surface area (Å²) in [4.78, 5) is 14.2. The molecule has 5 heteroatoms. The van der Waals surface area contributed by atoms with Gasteiger partial charge >= 0.3 is 0 Å². The van der Waals surface area contributed by atoms with Gasteiger partial charge in [0.05, 0.1) is 6.54 Å². The predicted molar refractivity (Wildman–Crippen MR) is 69.1 cm³/mol. The predicted octanol–water partition coefficient (Wildman–Crippen LogP) is 1.44. The van der Waals surface area contributed by atoms with Gasteiger partial charge in [-0.15, -0.1) is 0 Å². The number of hydrogen-bond acceptors (Lipinski definition) is 2. The van der Waals surface area contributed by atoms with Gasteiger partial charge in [-0.05, 0) is 30.2 Å². The molecule has 0 fully saturated rings. The Hall–Kier alpha value is -1.52. The van der Waals surface area contributed by atoms with Crippen molar-refractivity contribution in [3.63, 3.8) is 0 Å². The Balaban J connectivity index is 2.08. The van der Waals surface area contributed by atoms with E-state index in [1.165, 1.54) is 0 Å². The summed E-state index contributed by atoms with van der Waals surface area (Å²) in [5.41, 5.74) is 7.40. The minimum atomic E-state index is -0.136. The van der Waals surface area contributed by atoms with Gasteiger partial charge in [0, 0.05) is 28.7 Å². The van der Waals surface area contributed by atoms with E-state index in [-0.39, 0.29) is 12.5 Å². The lowest BCUT2D eigenvalue weighted by molar-refractivity contribution is -0.119. The van der Waals surface area contributed by atoms with Crippen molar-refractivity contribution in [3.05, 3.63) is 35.0 Å². The Morgan fingerprint density at radius 2 is 2.29 bits per heavy atom. The van der Waals surface area contributed by atoms with Crippen LogP contribution in [0.5, 0.6) is 0 Å². The summed E-state index contributed by atoms with van der Waals surface area (Å²) in [6.07, 6.45) is 2.70. The fraction of sp³-hybridized carbons (Fsp3) is 0.250. The number of fused-ring (bicyclic) bond motifs is 1. The lowest BCUT2D eigenvalue weighted by Gasteiger charge is -2.02. The van der Waals surface area contributed by atoms with E-state index in [9.17, 15) is 4.79 Å². The van der Waals surface area contributed by atoms with E-state index < -0.39 is 0 Å². The van der Waals surface area contributed by atoms with Gasteiger partial charge in [-0.2, -0.15) is 0 Å². The minimum absolute atomic E-state index is 0.0275. The molecule has 0 radical (unpaired) electrons. The molecule has 0 saturated carbocycles. The number of rotatable bonds is 4. The normalized spacial score (nSPS) is 10.7. The molecule has 0 aliphatic rings. The average Bonchev–Trinajstić information content (AvgIpc) is 2.72. The summed E-state index contributed by atoms with van der Waals surface area (Å²) < 4.78 is 0. The van der Waals surface area contributed by atoms with Crippen molar-refractivity contribution in [1.29, 1.82) is 0 Å². The molecular weight excluding hydrogens is 238 g/mol. The van der Waals surface area contributed by atoms with Crippen molar-refractivity contribution in [2.75, 3.05) is 13.1 Å². The first kappa shape index (κ1) is 12.0. The van der Waals surface area contributed by atoms with Gasteiger partial charge in [0.25, 0.3) is 0 Å². The highest BCUT2D eigenvalue weighted by Crippen LogP contribution is 2.22. The number of nitrogens with one attached hydrogen (secondary N) is 2. The van der Waals surface area contributed by atoms with Crippen LogP contribution in [0, 0.1) is 0 Å². The first-order chi connectivity index (χ1) is 8.20. The fourth-order valence-corrected chi connectivity index (χ4v) is 1.94.